The van der Waals surface area contributed by atoms with Crippen LogP contribution in [0.15, 0.2) is 54.6 Å². The second-order valence-corrected chi connectivity index (χ2v) is 7.17. The van der Waals surface area contributed by atoms with Crippen LogP contribution >= 0.6 is 0 Å². The number of methoxy groups -OCH3 is 1. The fraction of sp³-hybridized carbons (Fsp3) is 0.304. The number of rotatable bonds is 4. The Hall–Kier alpha value is -2.92. The zero-order chi connectivity index (χ0) is 19.5. The van der Waals surface area contributed by atoms with Gasteiger partial charge in [0.1, 0.15) is 0 Å². The number of hydrogen-bond donors (Lipinski definition) is 0. The molecule has 1 aliphatic rings. The van der Waals surface area contributed by atoms with Crippen LogP contribution in [0.2, 0.25) is 0 Å². The summed E-state index contributed by atoms with van der Waals surface area (Å²) in [7, 11) is 1.43. The van der Waals surface area contributed by atoms with E-state index in [0.29, 0.717) is 12.1 Å². The highest BCUT2D eigenvalue weighted by Crippen LogP contribution is 2.25. The summed E-state index contributed by atoms with van der Waals surface area (Å²) in [5.41, 5.74) is 4.53. The molecule has 0 radical (unpaired) electrons. The van der Waals surface area contributed by atoms with Crippen LogP contribution < -0.4 is 4.90 Å². The maximum Gasteiger partial charge on any atom is 0.340 e. The van der Waals surface area contributed by atoms with Gasteiger partial charge >= 0.3 is 5.97 Å². The molecule has 144 valence electrons. The highest BCUT2D eigenvalue weighted by molar-refractivity contribution is 5.98. The lowest BCUT2D eigenvalue weighted by atomic mass is 10.0. The molecule has 2 heterocycles. The zero-order valence-electron chi connectivity index (χ0n) is 16.4. The Balaban J connectivity index is 1.57. The Kier molecular flexibility index (Phi) is 5.26. The Morgan fingerprint density at radius 2 is 1.68 bits per heavy atom. The second kappa shape index (κ2) is 7.98. The van der Waals surface area contributed by atoms with Crippen molar-refractivity contribution >= 4 is 22.6 Å². The van der Waals surface area contributed by atoms with Crippen LogP contribution in [-0.4, -0.2) is 49.1 Å². The van der Waals surface area contributed by atoms with E-state index in [4.69, 9.17) is 9.72 Å². The van der Waals surface area contributed by atoms with Gasteiger partial charge in [-0.3, -0.25) is 9.88 Å². The Morgan fingerprint density at radius 1 is 1.00 bits per heavy atom. The molecule has 1 aliphatic heterocycles. The normalized spacial score (nSPS) is 15.0. The van der Waals surface area contributed by atoms with E-state index >= 15 is 0 Å². The van der Waals surface area contributed by atoms with Crippen molar-refractivity contribution in [2.45, 2.75) is 13.5 Å². The molecule has 0 spiro atoms. The molecule has 1 saturated heterocycles. The third-order valence-electron chi connectivity index (χ3n) is 5.48. The summed E-state index contributed by atoms with van der Waals surface area (Å²) in [6.07, 6.45) is 0. The van der Waals surface area contributed by atoms with Crippen LogP contribution in [0.1, 0.15) is 21.6 Å². The topological polar surface area (TPSA) is 45.7 Å². The van der Waals surface area contributed by atoms with E-state index in [1.54, 1.807) is 0 Å². The Bertz CT molecular complexity index is 980. The van der Waals surface area contributed by atoms with Gasteiger partial charge in [-0.1, -0.05) is 36.4 Å². The number of nitrogens with zero attached hydrogens (tertiary/aromatic N) is 3. The summed E-state index contributed by atoms with van der Waals surface area (Å²) in [5.74, 6) is -0.311. The molecular formula is C23H25N3O2. The van der Waals surface area contributed by atoms with E-state index in [1.165, 1.54) is 12.8 Å². The summed E-state index contributed by atoms with van der Waals surface area (Å²) < 4.78 is 5.07. The van der Waals surface area contributed by atoms with Crippen LogP contribution in [0, 0.1) is 6.92 Å². The van der Waals surface area contributed by atoms with Gasteiger partial charge in [0.05, 0.1) is 23.9 Å². The number of esters is 1. The number of aromatic nitrogens is 1. The number of anilines is 1. The molecule has 1 fully saturated rings. The smallest absolute Gasteiger partial charge is 0.340 e. The van der Waals surface area contributed by atoms with E-state index in [2.05, 4.69) is 34.1 Å². The predicted octanol–water partition coefficient (Wildman–Crippen LogP) is 3.65. The first-order valence-electron chi connectivity index (χ1n) is 9.66. The lowest BCUT2D eigenvalue weighted by Gasteiger charge is -2.36. The molecule has 0 atom stereocenters. The van der Waals surface area contributed by atoms with Gasteiger partial charge in [-0.15, -0.1) is 0 Å². The number of aryl methyl sites for hydroxylation is 1. The minimum absolute atomic E-state index is 0.311. The summed E-state index contributed by atoms with van der Waals surface area (Å²) in [4.78, 5) is 22.1. The summed E-state index contributed by atoms with van der Waals surface area (Å²) >= 11 is 0. The average Bonchev–Trinajstić information content (AvgIpc) is 2.75. The van der Waals surface area contributed by atoms with Crippen LogP contribution in [-0.2, 0) is 11.3 Å². The van der Waals surface area contributed by atoms with Crippen molar-refractivity contribution in [2.24, 2.45) is 0 Å². The van der Waals surface area contributed by atoms with Gasteiger partial charge in [-0.25, -0.2) is 4.79 Å². The van der Waals surface area contributed by atoms with Crippen molar-refractivity contribution in [3.05, 3.63) is 71.4 Å². The molecule has 5 heteroatoms. The van der Waals surface area contributed by atoms with Crippen molar-refractivity contribution in [1.82, 2.24) is 9.88 Å². The first-order chi connectivity index (χ1) is 13.7. The first-order valence-corrected chi connectivity index (χ1v) is 9.66. The fourth-order valence-corrected chi connectivity index (χ4v) is 3.94. The van der Waals surface area contributed by atoms with Gasteiger partial charge < -0.3 is 9.64 Å². The number of hydrogen-bond acceptors (Lipinski definition) is 5. The van der Waals surface area contributed by atoms with Gasteiger partial charge in [0.25, 0.3) is 0 Å². The zero-order valence-corrected chi connectivity index (χ0v) is 16.4. The Morgan fingerprint density at radius 3 is 2.39 bits per heavy atom. The second-order valence-electron chi connectivity index (χ2n) is 7.17. The van der Waals surface area contributed by atoms with Crippen molar-refractivity contribution in [1.29, 1.82) is 0 Å². The van der Waals surface area contributed by atoms with Crippen LogP contribution in [0.4, 0.5) is 5.69 Å². The maximum atomic E-state index is 12.5. The lowest BCUT2D eigenvalue weighted by molar-refractivity contribution is 0.0596. The summed E-state index contributed by atoms with van der Waals surface area (Å²) in [6.45, 7) is 6.42. The number of pyridine rings is 1. The van der Waals surface area contributed by atoms with E-state index in [-0.39, 0.29) is 5.97 Å². The van der Waals surface area contributed by atoms with E-state index in [9.17, 15) is 4.79 Å². The van der Waals surface area contributed by atoms with Crippen LogP contribution in [0.5, 0.6) is 0 Å². The van der Waals surface area contributed by atoms with E-state index < -0.39 is 0 Å². The SMILES string of the molecule is COC(=O)c1c(CN2CCN(c3ccccc3)CC2)nc2ccccc2c1C. The van der Waals surface area contributed by atoms with Crippen molar-refractivity contribution in [3.63, 3.8) is 0 Å². The quantitative estimate of drug-likeness (QED) is 0.652. The number of ether oxygens (including phenoxy) is 1. The minimum atomic E-state index is -0.311. The molecule has 0 bridgehead atoms. The van der Waals surface area contributed by atoms with Gasteiger partial charge in [0.2, 0.25) is 0 Å². The number of fused-ring (bicyclic) bond motifs is 1. The standard InChI is InChI=1S/C23H25N3O2/c1-17-19-10-6-7-11-20(19)24-21(22(17)23(27)28-2)16-25-12-14-26(15-13-25)18-8-4-3-5-9-18/h3-11H,12-16H2,1-2H3. The van der Waals surface area contributed by atoms with Gasteiger partial charge in [0.15, 0.2) is 0 Å². The Labute approximate surface area is 165 Å². The summed E-state index contributed by atoms with van der Waals surface area (Å²) in [6, 6.07) is 18.5. The minimum Gasteiger partial charge on any atom is -0.465 e. The number of carbonyl (C=O) groups excluding carboxylic acids is 1. The highest BCUT2D eigenvalue weighted by atomic mass is 16.5. The van der Waals surface area contributed by atoms with Crippen LogP contribution in [0.25, 0.3) is 10.9 Å². The monoisotopic (exact) mass is 375 g/mol. The van der Waals surface area contributed by atoms with Gasteiger partial charge in [-0.2, -0.15) is 0 Å². The highest BCUT2D eigenvalue weighted by Gasteiger charge is 2.23. The average molecular weight is 375 g/mol. The van der Waals surface area contributed by atoms with Crippen molar-refractivity contribution in [3.8, 4) is 0 Å². The van der Waals surface area contributed by atoms with Crippen molar-refractivity contribution < 1.29 is 9.53 Å². The van der Waals surface area contributed by atoms with E-state index in [0.717, 1.165) is 48.3 Å². The molecule has 0 aliphatic carbocycles. The molecule has 28 heavy (non-hydrogen) atoms. The van der Waals surface area contributed by atoms with Gasteiger partial charge in [0, 0.05) is 43.8 Å². The molecule has 0 unspecified atom stereocenters. The molecule has 2 aromatic carbocycles. The molecule has 0 N–H and O–H groups in total. The largest absolute Gasteiger partial charge is 0.465 e. The number of para-hydroxylation sites is 2. The molecule has 3 aromatic rings. The number of benzene rings is 2. The maximum absolute atomic E-state index is 12.5. The molecule has 1 aromatic heterocycles. The van der Waals surface area contributed by atoms with Crippen molar-refractivity contribution in [2.75, 3.05) is 38.2 Å². The van der Waals surface area contributed by atoms with Gasteiger partial charge in [-0.05, 0) is 30.7 Å². The molecule has 5 nitrogen and oxygen atoms in total. The third kappa shape index (κ3) is 3.58. The number of carbonyl (C=O) groups is 1. The van der Waals surface area contributed by atoms with E-state index in [1.807, 2.05) is 37.3 Å². The molecule has 0 amide bonds. The predicted molar refractivity (Wildman–Crippen MR) is 112 cm³/mol. The summed E-state index contributed by atoms with van der Waals surface area (Å²) in [5, 5.41) is 1.00. The number of piperazine rings is 1. The fourth-order valence-electron chi connectivity index (χ4n) is 3.94. The third-order valence-corrected chi connectivity index (χ3v) is 5.48. The molecule has 4 rings (SSSR count). The van der Waals surface area contributed by atoms with Crippen LogP contribution in [0.3, 0.4) is 0 Å². The molecular weight excluding hydrogens is 350 g/mol. The lowest BCUT2D eigenvalue weighted by Crippen LogP contribution is -2.46. The molecule has 0 saturated carbocycles. The first kappa shape index (κ1) is 18.4.